The van der Waals surface area contributed by atoms with E-state index in [0.717, 1.165) is 18.2 Å². The van der Waals surface area contributed by atoms with Crippen molar-refractivity contribution in [2.45, 2.75) is 55.4 Å². The Morgan fingerprint density at radius 1 is 0.387 bits per heavy atom. The summed E-state index contributed by atoms with van der Waals surface area (Å²) in [5.41, 5.74) is -13.7. The maximum atomic E-state index is 15.7. The quantitative estimate of drug-likeness (QED) is 0.156. The van der Waals surface area contributed by atoms with Gasteiger partial charge < -0.3 is 9.47 Å². The maximum Gasteiger partial charge on any atom is 0.416 e. The summed E-state index contributed by atoms with van der Waals surface area (Å²) in [5, 5.41) is 0.464. The lowest BCUT2D eigenvalue weighted by molar-refractivity contribution is -0.144. The Labute approximate surface area is 412 Å². The number of para-hydroxylation sites is 2. The highest BCUT2D eigenvalue weighted by Gasteiger charge is 2.49. The summed E-state index contributed by atoms with van der Waals surface area (Å²) >= 11 is 0. The summed E-state index contributed by atoms with van der Waals surface area (Å²) in [6.45, 7) is 1.60. The van der Waals surface area contributed by atoms with Gasteiger partial charge in [0.25, 0.3) is 0 Å². The fourth-order valence-electron chi connectivity index (χ4n) is 10.1. The van der Waals surface area contributed by atoms with Gasteiger partial charge in [0.2, 0.25) is 0 Å². The molecule has 8 aromatic rings. The number of hydrogen-bond donors (Lipinski definition) is 0. The van der Waals surface area contributed by atoms with E-state index in [2.05, 4.69) is 0 Å². The van der Waals surface area contributed by atoms with Crippen LogP contribution in [0.4, 0.5) is 90.4 Å². The van der Waals surface area contributed by atoms with E-state index in [-0.39, 0.29) is 61.9 Å². The number of benzene rings is 7. The molecule has 0 amide bonds. The molecule has 0 radical (unpaired) electrons. The Hall–Kier alpha value is -7.64. The van der Waals surface area contributed by atoms with Crippen molar-refractivity contribution in [2.24, 2.45) is 0 Å². The van der Waals surface area contributed by atoms with Gasteiger partial charge >= 0.3 is 37.1 Å². The molecular formula is C55H30F18N2. The van der Waals surface area contributed by atoms with E-state index in [9.17, 15) is 65.9 Å². The smallest absolute Gasteiger partial charge is 0.332 e. The second-order valence-corrected chi connectivity index (χ2v) is 18.2. The zero-order valence-corrected chi connectivity index (χ0v) is 37.8. The normalized spacial score (nSPS) is 17.5. The fraction of sp³-hybridized carbons (Fsp3) is 0.164. The van der Waals surface area contributed by atoms with Crippen molar-refractivity contribution in [3.05, 3.63) is 202 Å². The van der Waals surface area contributed by atoms with Crippen molar-refractivity contribution in [2.75, 3.05) is 4.90 Å². The first kappa shape index (κ1) is 50.9. The molecule has 2 unspecified atom stereocenters. The second kappa shape index (κ2) is 16.9. The molecule has 7 aromatic carbocycles. The SMILES string of the molecule is CC12C=CC(c3cc(C(F)(F)F)cc(C(F)(F)F)c3)=CC1N(c1cc(C(F)(F)F)cc(-n3c4ccccc4c4ccc(-c5cc(C(F)(F)F)cc(C(F)(F)F)c5)cc43)c1-c1cccc(C(F)(F)F)c1)c1ccccc12. The minimum absolute atomic E-state index is 0.0719. The lowest BCUT2D eigenvalue weighted by Gasteiger charge is -2.37. The molecule has 1 aliphatic heterocycles. The molecule has 75 heavy (non-hydrogen) atoms. The maximum absolute atomic E-state index is 15.7. The van der Waals surface area contributed by atoms with Crippen molar-refractivity contribution in [3.63, 3.8) is 0 Å². The van der Waals surface area contributed by atoms with Crippen LogP contribution in [0.15, 0.2) is 158 Å². The van der Waals surface area contributed by atoms with Crippen LogP contribution >= 0.6 is 0 Å². The lowest BCUT2D eigenvalue weighted by atomic mass is 9.74. The van der Waals surface area contributed by atoms with Gasteiger partial charge in [-0.25, -0.2) is 0 Å². The van der Waals surface area contributed by atoms with Gasteiger partial charge in [-0.05, 0) is 119 Å². The van der Waals surface area contributed by atoms with Gasteiger partial charge in [0.1, 0.15) is 0 Å². The summed E-state index contributed by atoms with van der Waals surface area (Å²) in [7, 11) is 0. The van der Waals surface area contributed by atoms with Crippen LogP contribution in [0.1, 0.15) is 51.4 Å². The minimum Gasteiger partial charge on any atom is -0.332 e. The third kappa shape index (κ3) is 8.94. The van der Waals surface area contributed by atoms with Crippen LogP contribution in [0.3, 0.4) is 0 Å². The van der Waals surface area contributed by atoms with E-state index >= 15 is 13.2 Å². The van der Waals surface area contributed by atoms with Gasteiger partial charge in [0, 0.05) is 27.4 Å². The van der Waals surface area contributed by atoms with Crippen LogP contribution in [0.25, 0.3) is 55.3 Å². The Morgan fingerprint density at radius 3 is 1.47 bits per heavy atom. The van der Waals surface area contributed by atoms with Crippen molar-refractivity contribution in [1.82, 2.24) is 4.57 Å². The number of allylic oxidation sites excluding steroid dienone is 2. The lowest BCUT2D eigenvalue weighted by Crippen LogP contribution is -2.40. The molecule has 0 fully saturated rings. The Kier molecular flexibility index (Phi) is 11.5. The molecule has 0 saturated carbocycles. The second-order valence-electron chi connectivity index (χ2n) is 18.2. The molecule has 0 bridgehead atoms. The molecule has 2 atom stereocenters. The van der Waals surface area contributed by atoms with Crippen LogP contribution in [-0.2, 0) is 42.5 Å². The first-order chi connectivity index (χ1) is 34.8. The number of hydrogen-bond acceptors (Lipinski definition) is 1. The topological polar surface area (TPSA) is 8.17 Å². The molecule has 1 aromatic heterocycles. The molecule has 0 spiro atoms. The Balaban J connectivity index is 1.32. The van der Waals surface area contributed by atoms with Gasteiger partial charge in [0.05, 0.1) is 61.8 Å². The molecule has 20 heteroatoms. The van der Waals surface area contributed by atoms with Gasteiger partial charge in [-0.3, -0.25) is 0 Å². The Bertz CT molecular complexity index is 3610. The number of rotatable bonds is 5. The number of fused-ring (bicyclic) bond motifs is 6. The van der Waals surface area contributed by atoms with Crippen molar-refractivity contribution < 1.29 is 79.0 Å². The number of alkyl halides is 18. The third-order valence-corrected chi connectivity index (χ3v) is 13.5. The average Bonchev–Trinajstić information content (AvgIpc) is 3.85. The standard InChI is InChI=1S/C55H30F18N2/c1-49-16-15-29(32-20-36(53(65,66)67)25-37(21-32)54(68,69)70)23-47(49)75(43-12-5-3-10-41(43)49)46-27-38(55(71,72)73)26-45(48(46)30-7-6-8-33(17-30)50(56,57)58)74-42-11-4-2-9-39(42)40-14-13-28(22-44(40)74)31-18-34(51(59,60)61)24-35(19-31)52(62,63)64/h2-27,47H,1H3. The number of nitrogens with zero attached hydrogens (tertiary/aromatic N) is 2. The van der Waals surface area contributed by atoms with Crippen LogP contribution in [-0.4, -0.2) is 10.6 Å². The summed E-state index contributed by atoms with van der Waals surface area (Å²) in [6.07, 6.45) is -27.5. The van der Waals surface area contributed by atoms with Gasteiger partial charge in [0.15, 0.2) is 0 Å². The summed E-state index contributed by atoms with van der Waals surface area (Å²) in [5.74, 6) is 0. The predicted octanol–water partition coefficient (Wildman–Crippen LogP) is 18.7. The highest BCUT2D eigenvalue weighted by atomic mass is 19.4. The zero-order valence-electron chi connectivity index (χ0n) is 37.8. The van der Waals surface area contributed by atoms with Crippen LogP contribution < -0.4 is 4.90 Å². The number of anilines is 2. The number of halogens is 18. The summed E-state index contributed by atoms with van der Waals surface area (Å²) in [6, 6.07) is 20.7. The monoisotopic (exact) mass is 1060 g/mol. The van der Waals surface area contributed by atoms with Crippen LogP contribution in [0.2, 0.25) is 0 Å². The molecule has 386 valence electrons. The molecule has 2 heterocycles. The van der Waals surface area contributed by atoms with Crippen molar-refractivity contribution in [1.29, 1.82) is 0 Å². The Morgan fingerprint density at radius 2 is 0.880 bits per heavy atom. The number of aromatic nitrogens is 1. The van der Waals surface area contributed by atoms with E-state index in [1.54, 1.807) is 19.1 Å². The molecule has 1 aliphatic carbocycles. The largest absolute Gasteiger partial charge is 0.416 e. The van der Waals surface area contributed by atoms with Crippen molar-refractivity contribution in [3.8, 4) is 27.9 Å². The molecule has 0 saturated heterocycles. The first-order valence-electron chi connectivity index (χ1n) is 22.2. The van der Waals surface area contributed by atoms with E-state index in [0.29, 0.717) is 54.1 Å². The van der Waals surface area contributed by atoms with Gasteiger partial charge in [-0.15, -0.1) is 0 Å². The van der Waals surface area contributed by atoms with Gasteiger partial charge in [-0.1, -0.05) is 78.9 Å². The average molecular weight is 1060 g/mol. The molecule has 10 rings (SSSR count). The third-order valence-electron chi connectivity index (χ3n) is 13.5. The highest BCUT2D eigenvalue weighted by molar-refractivity contribution is 6.11. The van der Waals surface area contributed by atoms with E-state index in [1.165, 1.54) is 76.2 Å². The summed E-state index contributed by atoms with van der Waals surface area (Å²) in [4.78, 5) is 1.30. The van der Waals surface area contributed by atoms with E-state index in [4.69, 9.17) is 0 Å². The molecule has 2 aliphatic rings. The highest BCUT2D eigenvalue weighted by Crippen LogP contribution is 2.57. The zero-order chi connectivity index (χ0) is 54.2. The molecule has 2 nitrogen and oxygen atoms in total. The first-order valence-corrected chi connectivity index (χ1v) is 22.2. The fourth-order valence-corrected chi connectivity index (χ4v) is 10.1. The van der Waals surface area contributed by atoms with Crippen molar-refractivity contribution >= 4 is 38.8 Å². The minimum atomic E-state index is -5.28. The summed E-state index contributed by atoms with van der Waals surface area (Å²) < 4.78 is 263. The van der Waals surface area contributed by atoms with Gasteiger partial charge in [-0.2, -0.15) is 79.0 Å². The van der Waals surface area contributed by atoms with Crippen LogP contribution in [0, 0.1) is 0 Å². The van der Waals surface area contributed by atoms with E-state index in [1.807, 2.05) is 0 Å². The van der Waals surface area contributed by atoms with Crippen LogP contribution in [0.5, 0.6) is 0 Å². The predicted molar refractivity (Wildman–Crippen MR) is 245 cm³/mol. The molecule has 0 N–H and O–H groups in total. The molecular weight excluding hydrogens is 1030 g/mol. The van der Waals surface area contributed by atoms with E-state index < -0.39 is 104 Å².